The van der Waals surface area contributed by atoms with E-state index in [0.29, 0.717) is 24.8 Å². The van der Waals surface area contributed by atoms with Crippen LogP contribution < -0.4 is 5.73 Å². The number of nitrogens with zero attached hydrogens (tertiary/aromatic N) is 3. The number of hydrogen-bond acceptors (Lipinski definition) is 3. The summed E-state index contributed by atoms with van der Waals surface area (Å²) in [4.78, 5) is 30.8. The van der Waals surface area contributed by atoms with Crippen molar-refractivity contribution in [3.05, 3.63) is 29.0 Å². The van der Waals surface area contributed by atoms with Gasteiger partial charge in [-0.05, 0) is 18.9 Å². The van der Waals surface area contributed by atoms with Gasteiger partial charge in [-0.3, -0.25) is 4.79 Å². The molecular formula is C14H19ClN4O2. The van der Waals surface area contributed by atoms with Gasteiger partial charge in [0.05, 0.1) is 5.92 Å². The first kappa shape index (κ1) is 15.6. The first-order valence-corrected chi connectivity index (χ1v) is 7.25. The van der Waals surface area contributed by atoms with E-state index in [4.69, 9.17) is 17.3 Å². The Morgan fingerprint density at radius 3 is 3.00 bits per heavy atom. The molecule has 2 N–H and O–H groups in total. The van der Waals surface area contributed by atoms with Crippen molar-refractivity contribution >= 4 is 23.5 Å². The molecule has 1 aromatic rings. The number of rotatable bonds is 3. The van der Waals surface area contributed by atoms with Gasteiger partial charge in [0.15, 0.2) is 0 Å². The van der Waals surface area contributed by atoms with E-state index in [2.05, 4.69) is 4.98 Å². The van der Waals surface area contributed by atoms with Gasteiger partial charge in [-0.2, -0.15) is 0 Å². The third-order valence-corrected chi connectivity index (χ3v) is 4.04. The summed E-state index contributed by atoms with van der Waals surface area (Å²) >= 11 is 6.01. The zero-order chi connectivity index (χ0) is 15.4. The molecule has 21 heavy (non-hydrogen) atoms. The number of carbonyl (C=O) groups is 2. The van der Waals surface area contributed by atoms with E-state index >= 15 is 0 Å². The molecule has 1 aliphatic heterocycles. The summed E-state index contributed by atoms with van der Waals surface area (Å²) in [5.74, 6) is -0.201. The predicted molar refractivity (Wildman–Crippen MR) is 79.6 cm³/mol. The Hall–Kier alpha value is -1.82. The van der Waals surface area contributed by atoms with Gasteiger partial charge in [0.25, 0.3) is 0 Å². The van der Waals surface area contributed by atoms with E-state index in [1.54, 1.807) is 24.2 Å². The number of likely N-dealkylation sites (tertiary alicyclic amines) is 1. The third kappa shape index (κ3) is 3.85. The Balaban J connectivity index is 1.99. The molecule has 6 nitrogen and oxygen atoms in total. The second kappa shape index (κ2) is 6.76. The maximum absolute atomic E-state index is 12.5. The van der Waals surface area contributed by atoms with Gasteiger partial charge in [-0.15, -0.1) is 0 Å². The summed E-state index contributed by atoms with van der Waals surface area (Å²) in [7, 11) is 1.73. The average Bonchev–Trinajstić information content (AvgIpc) is 2.49. The van der Waals surface area contributed by atoms with Crippen molar-refractivity contribution < 1.29 is 9.59 Å². The molecule has 0 saturated carbocycles. The molecule has 0 radical (unpaired) electrons. The van der Waals surface area contributed by atoms with Gasteiger partial charge >= 0.3 is 6.03 Å². The Kier molecular flexibility index (Phi) is 5.01. The van der Waals surface area contributed by atoms with E-state index < -0.39 is 6.03 Å². The molecule has 1 fully saturated rings. The molecule has 0 aromatic carbocycles. The van der Waals surface area contributed by atoms with Crippen LogP contribution in [0.5, 0.6) is 0 Å². The molecule has 0 spiro atoms. The lowest BCUT2D eigenvalue weighted by molar-refractivity contribution is -0.136. The van der Waals surface area contributed by atoms with E-state index in [1.807, 2.05) is 6.07 Å². The van der Waals surface area contributed by atoms with Gasteiger partial charge in [-0.1, -0.05) is 17.7 Å². The van der Waals surface area contributed by atoms with Crippen LogP contribution in [0.15, 0.2) is 18.3 Å². The number of urea groups is 1. The van der Waals surface area contributed by atoms with E-state index in [1.165, 1.54) is 4.90 Å². The molecule has 1 saturated heterocycles. The largest absolute Gasteiger partial charge is 0.351 e. The Bertz CT molecular complexity index is 537. The molecule has 1 aliphatic rings. The lowest BCUT2D eigenvalue weighted by atomic mass is 9.96. The zero-order valence-electron chi connectivity index (χ0n) is 12.0. The summed E-state index contributed by atoms with van der Waals surface area (Å²) in [6.45, 7) is 1.41. The standard InChI is InChI=1S/C14H19ClN4O2/c1-18(8-10-4-2-6-17-12(10)15)13(20)11-5-3-7-19(9-11)14(16)21/h2,4,6,11H,3,5,7-9H2,1H3,(H2,16,21)/t11-/m0/s1. The molecule has 1 atom stereocenters. The minimum atomic E-state index is -0.467. The van der Waals surface area contributed by atoms with Crippen LogP contribution in [0, 0.1) is 5.92 Å². The highest BCUT2D eigenvalue weighted by Crippen LogP contribution is 2.20. The SMILES string of the molecule is CN(Cc1cccnc1Cl)C(=O)[C@H]1CCCN(C(N)=O)C1. The minimum absolute atomic E-state index is 0.000805. The number of pyridine rings is 1. The van der Waals surface area contributed by atoms with Crippen molar-refractivity contribution in [1.29, 1.82) is 0 Å². The molecule has 0 unspecified atom stereocenters. The van der Waals surface area contributed by atoms with Crippen LogP contribution >= 0.6 is 11.6 Å². The number of carbonyl (C=O) groups excluding carboxylic acids is 2. The average molecular weight is 311 g/mol. The molecule has 3 amide bonds. The number of primary amides is 1. The summed E-state index contributed by atoms with van der Waals surface area (Å²) in [6, 6.07) is 3.16. The maximum Gasteiger partial charge on any atom is 0.314 e. The normalized spacial score (nSPS) is 18.4. The third-order valence-electron chi connectivity index (χ3n) is 3.70. The fourth-order valence-electron chi connectivity index (χ4n) is 2.56. The topological polar surface area (TPSA) is 79.5 Å². The zero-order valence-corrected chi connectivity index (χ0v) is 12.7. The number of amides is 3. The molecule has 114 valence electrons. The number of nitrogens with two attached hydrogens (primary N) is 1. The lowest BCUT2D eigenvalue weighted by Gasteiger charge is -2.33. The van der Waals surface area contributed by atoms with Gasteiger partial charge < -0.3 is 15.5 Å². The second-order valence-corrected chi connectivity index (χ2v) is 5.63. The van der Waals surface area contributed by atoms with Crippen molar-refractivity contribution in [2.75, 3.05) is 20.1 Å². The van der Waals surface area contributed by atoms with Crippen LogP contribution in [-0.2, 0) is 11.3 Å². The van der Waals surface area contributed by atoms with Crippen molar-refractivity contribution in [1.82, 2.24) is 14.8 Å². The molecule has 7 heteroatoms. The van der Waals surface area contributed by atoms with Crippen LogP contribution in [0.25, 0.3) is 0 Å². The van der Waals surface area contributed by atoms with Crippen LogP contribution in [0.3, 0.4) is 0 Å². The fraction of sp³-hybridized carbons (Fsp3) is 0.500. The molecule has 1 aromatic heterocycles. The van der Waals surface area contributed by atoms with Gasteiger partial charge in [0.2, 0.25) is 5.91 Å². The Morgan fingerprint density at radius 1 is 1.57 bits per heavy atom. The van der Waals surface area contributed by atoms with Crippen LogP contribution in [0.2, 0.25) is 5.15 Å². The van der Waals surface area contributed by atoms with Gasteiger partial charge in [0.1, 0.15) is 5.15 Å². The summed E-state index contributed by atoms with van der Waals surface area (Å²) in [5, 5.41) is 0.402. The predicted octanol–water partition coefficient (Wildman–Crippen LogP) is 1.48. The smallest absolute Gasteiger partial charge is 0.314 e. The highest BCUT2D eigenvalue weighted by atomic mass is 35.5. The number of halogens is 1. The lowest BCUT2D eigenvalue weighted by Crippen LogP contribution is -2.47. The highest BCUT2D eigenvalue weighted by molar-refractivity contribution is 6.30. The van der Waals surface area contributed by atoms with Gasteiger partial charge in [-0.25, -0.2) is 9.78 Å². The first-order valence-electron chi connectivity index (χ1n) is 6.87. The minimum Gasteiger partial charge on any atom is -0.351 e. The molecule has 0 aliphatic carbocycles. The van der Waals surface area contributed by atoms with Crippen LogP contribution in [-0.4, -0.2) is 46.9 Å². The molecule has 2 rings (SSSR count). The van der Waals surface area contributed by atoms with Crippen LogP contribution in [0.4, 0.5) is 4.79 Å². The van der Waals surface area contributed by atoms with E-state index in [0.717, 1.165) is 18.4 Å². The number of aromatic nitrogens is 1. The summed E-state index contributed by atoms with van der Waals surface area (Å²) in [6.07, 6.45) is 3.17. The highest BCUT2D eigenvalue weighted by Gasteiger charge is 2.29. The second-order valence-electron chi connectivity index (χ2n) is 5.27. The Morgan fingerprint density at radius 2 is 2.33 bits per heavy atom. The molecular weight excluding hydrogens is 292 g/mol. The van der Waals surface area contributed by atoms with Crippen molar-refractivity contribution in [3.63, 3.8) is 0 Å². The van der Waals surface area contributed by atoms with Gasteiger partial charge in [0, 0.05) is 38.4 Å². The monoisotopic (exact) mass is 310 g/mol. The first-order chi connectivity index (χ1) is 9.99. The Labute approximate surface area is 128 Å². The van der Waals surface area contributed by atoms with Crippen molar-refractivity contribution in [2.24, 2.45) is 11.7 Å². The quantitative estimate of drug-likeness (QED) is 0.859. The van der Waals surface area contributed by atoms with E-state index in [9.17, 15) is 9.59 Å². The van der Waals surface area contributed by atoms with Crippen molar-refractivity contribution in [3.8, 4) is 0 Å². The number of piperidine rings is 1. The van der Waals surface area contributed by atoms with E-state index in [-0.39, 0.29) is 11.8 Å². The molecule has 0 bridgehead atoms. The van der Waals surface area contributed by atoms with Crippen LogP contribution in [0.1, 0.15) is 18.4 Å². The number of hydrogen-bond donors (Lipinski definition) is 1. The summed E-state index contributed by atoms with van der Waals surface area (Å²) < 4.78 is 0. The fourth-order valence-corrected chi connectivity index (χ4v) is 2.74. The maximum atomic E-state index is 12.5. The van der Waals surface area contributed by atoms with Crippen molar-refractivity contribution in [2.45, 2.75) is 19.4 Å². The summed E-state index contributed by atoms with van der Waals surface area (Å²) in [5.41, 5.74) is 6.09. The molecule has 2 heterocycles.